The monoisotopic (exact) mass is 259 g/mol. The van der Waals surface area contributed by atoms with Crippen molar-refractivity contribution >= 4 is 0 Å². The molecule has 0 aliphatic rings. The SMILES string of the molecule is Cc1cc(C(O)c2ccc(CCN)cc2)ccc1F. The van der Waals surface area contributed by atoms with Crippen LogP contribution in [0.2, 0.25) is 0 Å². The average Bonchev–Trinajstić information content (AvgIpc) is 2.42. The van der Waals surface area contributed by atoms with Crippen LogP contribution >= 0.6 is 0 Å². The molecule has 2 nitrogen and oxygen atoms in total. The molecular formula is C16H18FNO. The van der Waals surface area contributed by atoms with E-state index in [1.54, 1.807) is 19.1 Å². The van der Waals surface area contributed by atoms with E-state index in [0.29, 0.717) is 17.7 Å². The average molecular weight is 259 g/mol. The van der Waals surface area contributed by atoms with Crippen molar-refractivity contribution in [2.75, 3.05) is 6.54 Å². The third-order valence-electron chi connectivity index (χ3n) is 3.23. The first kappa shape index (κ1) is 13.7. The lowest BCUT2D eigenvalue weighted by Crippen LogP contribution is -2.04. The van der Waals surface area contributed by atoms with Crippen molar-refractivity contribution < 1.29 is 9.50 Å². The maximum absolute atomic E-state index is 13.2. The third-order valence-corrected chi connectivity index (χ3v) is 3.23. The van der Waals surface area contributed by atoms with Gasteiger partial charge in [0, 0.05) is 0 Å². The van der Waals surface area contributed by atoms with E-state index < -0.39 is 6.10 Å². The number of hydrogen-bond donors (Lipinski definition) is 2. The fourth-order valence-corrected chi connectivity index (χ4v) is 2.06. The summed E-state index contributed by atoms with van der Waals surface area (Å²) in [6.45, 7) is 2.30. The van der Waals surface area contributed by atoms with Gasteiger partial charge in [0.05, 0.1) is 0 Å². The molecule has 2 aromatic carbocycles. The first-order valence-electron chi connectivity index (χ1n) is 6.35. The van der Waals surface area contributed by atoms with Crippen LogP contribution in [-0.4, -0.2) is 11.7 Å². The molecule has 3 heteroatoms. The molecule has 3 N–H and O–H groups in total. The smallest absolute Gasteiger partial charge is 0.126 e. The van der Waals surface area contributed by atoms with Crippen molar-refractivity contribution in [3.05, 3.63) is 70.5 Å². The molecule has 0 bridgehead atoms. The van der Waals surface area contributed by atoms with Gasteiger partial charge >= 0.3 is 0 Å². The van der Waals surface area contributed by atoms with Gasteiger partial charge in [0.25, 0.3) is 0 Å². The van der Waals surface area contributed by atoms with Crippen LogP contribution in [0.15, 0.2) is 42.5 Å². The van der Waals surface area contributed by atoms with Gasteiger partial charge in [0.1, 0.15) is 11.9 Å². The van der Waals surface area contributed by atoms with Crippen LogP contribution in [0.3, 0.4) is 0 Å². The summed E-state index contributed by atoms with van der Waals surface area (Å²) in [5.74, 6) is -0.255. The van der Waals surface area contributed by atoms with Crippen molar-refractivity contribution in [3.8, 4) is 0 Å². The summed E-state index contributed by atoms with van der Waals surface area (Å²) in [6, 6.07) is 12.4. The first-order valence-corrected chi connectivity index (χ1v) is 6.35. The predicted molar refractivity (Wildman–Crippen MR) is 74.4 cm³/mol. The maximum atomic E-state index is 13.2. The lowest BCUT2D eigenvalue weighted by molar-refractivity contribution is 0.220. The summed E-state index contributed by atoms with van der Waals surface area (Å²) in [7, 11) is 0. The highest BCUT2D eigenvalue weighted by Crippen LogP contribution is 2.23. The molecule has 0 heterocycles. The molecule has 0 saturated heterocycles. The van der Waals surface area contributed by atoms with Crippen LogP contribution in [0, 0.1) is 12.7 Å². The van der Waals surface area contributed by atoms with Gasteiger partial charge in [-0.1, -0.05) is 36.4 Å². The topological polar surface area (TPSA) is 46.2 Å². The largest absolute Gasteiger partial charge is 0.384 e. The Bertz CT molecular complexity index is 551. The number of halogens is 1. The van der Waals surface area contributed by atoms with E-state index in [9.17, 15) is 9.50 Å². The molecule has 0 aromatic heterocycles. The van der Waals surface area contributed by atoms with Gasteiger partial charge in [0.15, 0.2) is 0 Å². The number of aliphatic hydroxyl groups is 1. The van der Waals surface area contributed by atoms with E-state index in [0.717, 1.165) is 17.5 Å². The van der Waals surface area contributed by atoms with Crippen LogP contribution in [0.4, 0.5) is 4.39 Å². The summed E-state index contributed by atoms with van der Waals surface area (Å²) < 4.78 is 13.2. The maximum Gasteiger partial charge on any atom is 0.126 e. The summed E-state index contributed by atoms with van der Waals surface area (Å²) in [6.07, 6.45) is 0.0951. The molecule has 0 fully saturated rings. The van der Waals surface area contributed by atoms with Crippen molar-refractivity contribution in [3.63, 3.8) is 0 Å². The minimum atomic E-state index is -0.730. The van der Waals surface area contributed by atoms with Crippen molar-refractivity contribution in [1.82, 2.24) is 0 Å². The molecule has 0 radical (unpaired) electrons. The molecule has 100 valence electrons. The number of benzene rings is 2. The highest BCUT2D eigenvalue weighted by Gasteiger charge is 2.11. The molecule has 0 spiro atoms. The lowest BCUT2D eigenvalue weighted by Gasteiger charge is -2.13. The molecule has 0 saturated carbocycles. The second kappa shape index (κ2) is 5.95. The highest BCUT2D eigenvalue weighted by atomic mass is 19.1. The summed E-state index contributed by atoms with van der Waals surface area (Å²) >= 11 is 0. The minimum Gasteiger partial charge on any atom is -0.384 e. The van der Waals surface area contributed by atoms with Crippen LogP contribution in [-0.2, 0) is 6.42 Å². The Kier molecular flexibility index (Phi) is 4.30. The van der Waals surface area contributed by atoms with Gasteiger partial charge in [-0.2, -0.15) is 0 Å². The summed E-state index contributed by atoms with van der Waals surface area (Å²) in [4.78, 5) is 0. The zero-order chi connectivity index (χ0) is 13.8. The molecule has 0 aliphatic heterocycles. The molecule has 0 amide bonds. The normalized spacial score (nSPS) is 12.4. The molecule has 0 aliphatic carbocycles. The predicted octanol–water partition coefficient (Wildman–Crippen LogP) is 2.72. The fraction of sp³-hybridized carbons (Fsp3) is 0.250. The zero-order valence-corrected chi connectivity index (χ0v) is 10.9. The Morgan fingerprint density at radius 1 is 1.11 bits per heavy atom. The summed E-state index contributed by atoms with van der Waals surface area (Å²) in [5.41, 5.74) is 8.68. The van der Waals surface area contributed by atoms with Crippen LogP contribution in [0.25, 0.3) is 0 Å². The van der Waals surface area contributed by atoms with Gasteiger partial charge in [-0.3, -0.25) is 0 Å². The molecule has 2 aromatic rings. The van der Waals surface area contributed by atoms with Gasteiger partial charge < -0.3 is 10.8 Å². The van der Waals surface area contributed by atoms with Crippen LogP contribution in [0.5, 0.6) is 0 Å². The molecule has 1 atom stereocenters. The van der Waals surface area contributed by atoms with E-state index in [4.69, 9.17) is 5.73 Å². The Morgan fingerprint density at radius 2 is 1.74 bits per heavy atom. The van der Waals surface area contributed by atoms with Crippen LogP contribution < -0.4 is 5.73 Å². The number of nitrogens with two attached hydrogens (primary N) is 1. The van der Waals surface area contributed by atoms with Crippen LogP contribution in [0.1, 0.15) is 28.4 Å². The van der Waals surface area contributed by atoms with Gasteiger partial charge in [-0.25, -0.2) is 4.39 Å². The van der Waals surface area contributed by atoms with E-state index in [-0.39, 0.29) is 5.82 Å². The Morgan fingerprint density at radius 3 is 2.32 bits per heavy atom. The number of aryl methyl sites for hydroxylation is 1. The van der Waals surface area contributed by atoms with E-state index in [2.05, 4.69) is 0 Å². The molecule has 2 rings (SSSR count). The zero-order valence-electron chi connectivity index (χ0n) is 10.9. The van der Waals surface area contributed by atoms with Crippen molar-refractivity contribution in [1.29, 1.82) is 0 Å². The quantitative estimate of drug-likeness (QED) is 0.886. The first-order chi connectivity index (χ1) is 9.11. The molecule has 1 unspecified atom stereocenters. The standard InChI is InChI=1S/C16H18FNO/c1-11-10-14(6-7-15(11)17)16(19)13-4-2-12(3-5-13)8-9-18/h2-7,10,16,19H,8-9,18H2,1H3. The van der Waals surface area contributed by atoms with Crippen molar-refractivity contribution in [2.24, 2.45) is 5.73 Å². The summed E-state index contributed by atoms with van der Waals surface area (Å²) in [5, 5.41) is 10.3. The fourth-order valence-electron chi connectivity index (χ4n) is 2.06. The second-order valence-electron chi connectivity index (χ2n) is 4.69. The number of rotatable bonds is 4. The molecular weight excluding hydrogens is 241 g/mol. The van der Waals surface area contributed by atoms with Gasteiger partial charge in [0.2, 0.25) is 0 Å². The Hall–Kier alpha value is -1.71. The third kappa shape index (κ3) is 3.19. The highest BCUT2D eigenvalue weighted by molar-refractivity contribution is 5.34. The second-order valence-corrected chi connectivity index (χ2v) is 4.69. The van der Waals surface area contributed by atoms with E-state index in [1.807, 2.05) is 24.3 Å². The van der Waals surface area contributed by atoms with Gasteiger partial charge in [-0.05, 0) is 48.2 Å². The van der Waals surface area contributed by atoms with Crippen molar-refractivity contribution in [2.45, 2.75) is 19.4 Å². The van der Waals surface area contributed by atoms with Gasteiger partial charge in [-0.15, -0.1) is 0 Å². The minimum absolute atomic E-state index is 0.255. The molecule has 19 heavy (non-hydrogen) atoms. The van der Waals surface area contributed by atoms with E-state index in [1.165, 1.54) is 6.07 Å². The number of hydrogen-bond acceptors (Lipinski definition) is 2. The number of aliphatic hydroxyl groups excluding tert-OH is 1. The van der Waals surface area contributed by atoms with E-state index >= 15 is 0 Å². The Balaban J connectivity index is 2.22. The lowest BCUT2D eigenvalue weighted by atomic mass is 9.98. The Labute approximate surface area is 112 Å².